The van der Waals surface area contributed by atoms with Crippen molar-refractivity contribution in [1.82, 2.24) is 14.9 Å². The second-order valence-electron chi connectivity index (χ2n) is 6.57. The number of nitrogens with one attached hydrogen (secondary N) is 1. The number of aromatic nitrogens is 2. The summed E-state index contributed by atoms with van der Waals surface area (Å²) in [6.07, 6.45) is 4.90. The number of rotatable bonds is 6. The largest absolute Gasteiger partial charge is 0.466 e. The first-order chi connectivity index (χ1) is 14.4. The van der Waals surface area contributed by atoms with E-state index in [2.05, 4.69) is 10.3 Å². The number of allylic oxidation sites excluding steroid dienone is 2. The van der Waals surface area contributed by atoms with Gasteiger partial charge in [-0.15, -0.1) is 0 Å². The summed E-state index contributed by atoms with van der Waals surface area (Å²) in [6, 6.07) is 4.19. The number of methoxy groups -OCH3 is 1. The van der Waals surface area contributed by atoms with Crippen molar-refractivity contribution >= 4 is 23.5 Å². The molecule has 2 aromatic rings. The van der Waals surface area contributed by atoms with Crippen LogP contribution >= 0.6 is 11.6 Å². The third kappa shape index (κ3) is 4.09. The Balaban J connectivity index is 2.28. The van der Waals surface area contributed by atoms with E-state index in [4.69, 9.17) is 21.1 Å². The molecule has 0 saturated heterocycles. The van der Waals surface area contributed by atoms with E-state index in [0.29, 0.717) is 11.4 Å². The van der Waals surface area contributed by atoms with Crippen LogP contribution in [0.15, 0.2) is 59.5 Å². The molecule has 0 aliphatic carbocycles. The van der Waals surface area contributed by atoms with Gasteiger partial charge in [-0.05, 0) is 26.0 Å². The van der Waals surface area contributed by atoms with E-state index in [1.807, 2.05) is 0 Å². The van der Waals surface area contributed by atoms with E-state index in [1.165, 1.54) is 25.3 Å². The van der Waals surface area contributed by atoms with Crippen molar-refractivity contribution < 1.29 is 23.5 Å². The number of hydrogen-bond acceptors (Lipinski definition) is 6. The Hall–Kier alpha value is -3.13. The average Bonchev–Trinajstić information content (AvgIpc) is 3.20. The van der Waals surface area contributed by atoms with Crippen LogP contribution in [0.4, 0.5) is 4.39 Å². The van der Waals surface area contributed by atoms with Gasteiger partial charge in [0.15, 0.2) is 0 Å². The molecule has 0 spiro atoms. The predicted molar refractivity (Wildman–Crippen MR) is 108 cm³/mol. The number of dihydropyridines is 1. The molecule has 1 atom stereocenters. The van der Waals surface area contributed by atoms with Crippen molar-refractivity contribution in [2.75, 3.05) is 13.7 Å². The number of esters is 2. The number of carbonyl (C=O) groups is 2. The zero-order valence-corrected chi connectivity index (χ0v) is 17.5. The monoisotopic (exact) mass is 433 g/mol. The zero-order chi connectivity index (χ0) is 21.8. The highest BCUT2D eigenvalue weighted by Gasteiger charge is 2.41. The molecular formula is C21H21ClFN3O4. The minimum Gasteiger partial charge on any atom is -0.466 e. The first-order valence-electron chi connectivity index (χ1n) is 9.24. The number of nitrogens with zero attached hydrogens (tertiary/aromatic N) is 2. The van der Waals surface area contributed by atoms with E-state index >= 15 is 0 Å². The van der Waals surface area contributed by atoms with Gasteiger partial charge < -0.3 is 19.4 Å². The third-order valence-corrected chi connectivity index (χ3v) is 5.06. The zero-order valence-electron chi connectivity index (χ0n) is 16.7. The third-order valence-electron chi connectivity index (χ3n) is 4.73. The molecule has 2 heterocycles. The maximum absolute atomic E-state index is 15.0. The number of hydrogen-bond donors (Lipinski definition) is 1. The molecule has 9 heteroatoms. The second kappa shape index (κ2) is 9.13. The van der Waals surface area contributed by atoms with Gasteiger partial charge in [0.25, 0.3) is 0 Å². The van der Waals surface area contributed by atoms with Crippen LogP contribution in [0.3, 0.4) is 0 Å². The summed E-state index contributed by atoms with van der Waals surface area (Å²) in [5, 5.41) is 3.17. The van der Waals surface area contributed by atoms with Crippen LogP contribution in [0.1, 0.15) is 25.3 Å². The molecule has 1 unspecified atom stereocenters. The molecule has 0 bridgehead atoms. The highest BCUT2D eigenvalue weighted by atomic mass is 35.5. The van der Waals surface area contributed by atoms with Gasteiger partial charge in [-0.2, -0.15) is 0 Å². The number of carbonyl (C=O) groups excluding carboxylic acids is 2. The Morgan fingerprint density at radius 2 is 2.07 bits per heavy atom. The fraction of sp³-hybridized carbons (Fsp3) is 0.286. The van der Waals surface area contributed by atoms with Gasteiger partial charge in [-0.25, -0.2) is 19.0 Å². The summed E-state index contributed by atoms with van der Waals surface area (Å²) in [4.78, 5) is 29.7. The topological polar surface area (TPSA) is 82.5 Å². The van der Waals surface area contributed by atoms with Gasteiger partial charge in [0.2, 0.25) is 0 Å². The Morgan fingerprint density at radius 3 is 2.67 bits per heavy atom. The van der Waals surface area contributed by atoms with Crippen molar-refractivity contribution in [3.05, 3.63) is 75.9 Å². The molecule has 1 aromatic carbocycles. The maximum atomic E-state index is 15.0. The second-order valence-corrected chi connectivity index (χ2v) is 6.98. The number of ether oxygens (including phenoxy) is 2. The minimum atomic E-state index is -1.11. The molecule has 1 aromatic heterocycles. The van der Waals surface area contributed by atoms with Crippen LogP contribution in [0.25, 0.3) is 0 Å². The molecule has 1 aliphatic rings. The Morgan fingerprint density at radius 1 is 1.30 bits per heavy atom. The van der Waals surface area contributed by atoms with Crippen molar-refractivity contribution in [3.63, 3.8) is 0 Å². The molecule has 0 radical (unpaired) electrons. The highest BCUT2D eigenvalue weighted by molar-refractivity contribution is 6.31. The SMILES string of the molecule is CCOC(=O)C1=C(Cn2ccnc2)NC(C)=C(C(=O)OC)C1c1c(F)cccc1Cl. The molecule has 1 N–H and O–H groups in total. The normalized spacial score (nSPS) is 16.4. The summed E-state index contributed by atoms with van der Waals surface area (Å²) in [5.74, 6) is -3.14. The summed E-state index contributed by atoms with van der Waals surface area (Å²) in [7, 11) is 1.22. The molecule has 1 aliphatic heterocycles. The van der Waals surface area contributed by atoms with Crippen molar-refractivity contribution in [1.29, 1.82) is 0 Å². The molecular weight excluding hydrogens is 413 g/mol. The highest BCUT2D eigenvalue weighted by Crippen LogP contribution is 2.43. The lowest BCUT2D eigenvalue weighted by molar-refractivity contribution is -0.139. The fourth-order valence-corrected chi connectivity index (χ4v) is 3.76. The number of imidazole rings is 1. The Kier molecular flexibility index (Phi) is 6.56. The molecule has 30 heavy (non-hydrogen) atoms. The molecule has 158 valence electrons. The van der Waals surface area contributed by atoms with Crippen molar-refractivity contribution in [2.24, 2.45) is 0 Å². The van der Waals surface area contributed by atoms with Crippen molar-refractivity contribution in [3.8, 4) is 0 Å². The van der Waals surface area contributed by atoms with Crippen LogP contribution in [-0.2, 0) is 25.6 Å². The van der Waals surface area contributed by atoms with E-state index in [1.54, 1.807) is 37.1 Å². The molecule has 7 nitrogen and oxygen atoms in total. The fourth-order valence-electron chi connectivity index (χ4n) is 3.49. The van der Waals surface area contributed by atoms with E-state index in [-0.39, 0.29) is 34.9 Å². The predicted octanol–water partition coefficient (Wildman–Crippen LogP) is 3.33. The molecule has 0 fully saturated rings. The van der Waals surface area contributed by atoms with Gasteiger partial charge in [0.1, 0.15) is 5.82 Å². The Bertz CT molecular complexity index is 1010. The lowest BCUT2D eigenvalue weighted by Gasteiger charge is -2.32. The van der Waals surface area contributed by atoms with Gasteiger partial charge in [0.05, 0.1) is 43.7 Å². The summed E-state index contributed by atoms with van der Waals surface area (Å²) >= 11 is 6.34. The minimum absolute atomic E-state index is 0.00611. The Labute approximate surface area is 178 Å². The van der Waals surface area contributed by atoms with Crippen LogP contribution in [0, 0.1) is 5.82 Å². The summed E-state index contributed by atoms with van der Waals surface area (Å²) < 4.78 is 26.9. The molecule has 0 amide bonds. The lowest BCUT2D eigenvalue weighted by Crippen LogP contribution is -2.35. The lowest BCUT2D eigenvalue weighted by atomic mass is 9.79. The first-order valence-corrected chi connectivity index (χ1v) is 9.62. The van der Waals surface area contributed by atoms with Crippen LogP contribution in [0.5, 0.6) is 0 Å². The number of halogens is 2. The molecule has 3 rings (SSSR count). The molecule has 0 saturated carbocycles. The summed E-state index contributed by atoms with van der Waals surface area (Å²) in [6.45, 7) is 3.65. The van der Waals surface area contributed by atoms with Gasteiger partial charge in [0, 0.05) is 34.4 Å². The van der Waals surface area contributed by atoms with Crippen LogP contribution < -0.4 is 5.32 Å². The van der Waals surface area contributed by atoms with Crippen LogP contribution in [0.2, 0.25) is 5.02 Å². The van der Waals surface area contributed by atoms with E-state index in [0.717, 1.165) is 0 Å². The standard InChI is InChI=1S/C21H21ClFN3O4/c1-4-30-21(28)18-15(10-26-9-8-24-11-26)25-12(2)16(20(27)29-3)19(18)17-13(22)6-5-7-14(17)23/h5-9,11,19,25H,4,10H2,1-3H3. The quantitative estimate of drug-likeness (QED) is 0.704. The average molecular weight is 434 g/mol. The first kappa shape index (κ1) is 21.6. The van der Waals surface area contributed by atoms with Crippen LogP contribution in [-0.4, -0.2) is 35.2 Å². The van der Waals surface area contributed by atoms with Gasteiger partial charge >= 0.3 is 11.9 Å². The summed E-state index contributed by atoms with van der Waals surface area (Å²) in [5.41, 5.74) is 1.05. The van der Waals surface area contributed by atoms with E-state index < -0.39 is 23.7 Å². The van der Waals surface area contributed by atoms with E-state index in [9.17, 15) is 14.0 Å². The smallest absolute Gasteiger partial charge is 0.336 e. The van der Waals surface area contributed by atoms with Crippen molar-refractivity contribution in [2.45, 2.75) is 26.3 Å². The number of benzene rings is 1. The maximum Gasteiger partial charge on any atom is 0.336 e. The van der Waals surface area contributed by atoms with Gasteiger partial charge in [-0.1, -0.05) is 17.7 Å². The van der Waals surface area contributed by atoms with Gasteiger partial charge in [-0.3, -0.25) is 0 Å².